The van der Waals surface area contributed by atoms with Crippen LogP contribution in [0.4, 0.5) is 0 Å². The highest BCUT2D eigenvalue weighted by atomic mass is 16.1. The normalized spacial score (nSPS) is 51.5. The summed E-state index contributed by atoms with van der Waals surface area (Å²) >= 11 is 0. The first kappa shape index (κ1) is 13.5. The highest BCUT2D eigenvalue weighted by Gasteiger charge is 2.58. The van der Waals surface area contributed by atoms with Crippen molar-refractivity contribution in [1.29, 1.82) is 0 Å². The van der Waals surface area contributed by atoms with Gasteiger partial charge in [0.25, 0.3) is 0 Å². The Balaban J connectivity index is 1.74. The molecule has 0 spiro atoms. The number of allylic oxidation sites excluding steroid dienone is 4. The molecule has 4 aliphatic rings. The van der Waals surface area contributed by atoms with Crippen molar-refractivity contribution in [3.8, 4) is 0 Å². The lowest BCUT2D eigenvalue weighted by Crippen LogP contribution is -2.50. The fourth-order valence-corrected chi connectivity index (χ4v) is 5.80. The molecular formula is C19H24O2. The summed E-state index contributed by atoms with van der Waals surface area (Å²) in [7, 11) is 0. The summed E-state index contributed by atoms with van der Waals surface area (Å²) in [6, 6.07) is 0. The van der Waals surface area contributed by atoms with Gasteiger partial charge < -0.3 is 0 Å². The summed E-state index contributed by atoms with van der Waals surface area (Å²) < 4.78 is 0. The van der Waals surface area contributed by atoms with Crippen molar-refractivity contribution in [2.45, 2.75) is 46.0 Å². The predicted molar refractivity (Wildman–Crippen MR) is 81.6 cm³/mol. The third-order valence-electron chi connectivity index (χ3n) is 7.25. The van der Waals surface area contributed by atoms with E-state index in [4.69, 9.17) is 0 Å². The van der Waals surface area contributed by atoms with Crippen LogP contribution in [0.1, 0.15) is 46.0 Å². The van der Waals surface area contributed by atoms with Gasteiger partial charge >= 0.3 is 0 Å². The minimum absolute atomic E-state index is 0.0805. The Hall–Kier alpha value is -1.18. The molecule has 0 radical (unpaired) electrons. The molecule has 1 unspecified atom stereocenters. The van der Waals surface area contributed by atoms with E-state index >= 15 is 0 Å². The van der Waals surface area contributed by atoms with Crippen LogP contribution in [0.25, 0.3) is 0 Å². The first-order valence-electron chi connectivity index (χ1n) is 8.39. The minimum atomic E-state index is -0.0805. The molecule has 0 aliphatic heterocycles. The van der Waals surface area contributed by atoms with Crippen LogP contribution < -0.4 is 0 Å². The highest BCUT2D eigenvalue weighted by Crippen LogP contribution is 2.62. The van der Waals surface area contributed by atoms with Gasteiger partial charge in [-0.05, 0) is 54.4 Å². The smallest absolute Gasteiger partial charge is 0.156 e. The van der Waals surface area contributed by atoms with Crippen molar-refractivity contribution in [3.05, 3.63) is 24.3 Å². The average Bonchev–Trinajstić information content (AvgIpc) is 2.76. The lowest BCUT2D eigenvalue weighted by Gasteiger charge is -2.55. The number of hydrogen-bond donors (Lipinski definition) is 0. The Labute approximate surface area is 126 Å². The van der Waals surface area contributed by atoms with E-state index in [1.54, 1.807) is 6.08 Å². The Morgan fingerprint density at radius 2 is 1.90 bits per heavy atom. The van der Waals surface area contributed by atoms with Crippen molar-refractivity contribution < 1.29 is 9.59 Å². The Kier molecular flexibility index (Phi) is 2.68. The fraction of sp³-hybridized carbons (Fsp3) is 0.684. The van der Waals surface area contributed by atoms with E-state index in [0.29, 0.717) is 35.9 Å². The SMILES string of the molecule is C[C@]12C=CC(=O)CC1C=C[C@@H]1[C@@H]2CC[C@]2(C)C(=O)CC[C@@H]12. The van der Waals surface area contributed by atoms with Crippen LogP contribution >= 0.6 is 0 Å². The van der Waals surface area contributed by atoms with Crippen molar-refractivity contribution in [2.24, 2.45) is 34.5 Å². The quantitative estimate of drug-likeness (QED) is 0.635. The van der Waals surface area contributed by atoms with Gasteiger partial charge in [-0.15, -0.1) is 0 Å². The molecule has 0 aromatic heterocycles. The van der Waals surface area contributed by atoms with E-state index in [9.17, 15) is 9.59 Å². The van der Waals surface area contributed by atoms with E-state index < -0.39 is 0 Å². The van der Waals surface area contributed by atoms with Crippen LogP contribution in [0.3, 0.4) is 0 Å². The van der Waals surface area contributed by atoms with Gasteiger partial charge in [0.1, 0.15) is 5.78 Å². The van der Waals surface area contributed by atoms with Crippen LogP contribution in [0.5, 0.6) is 0 Å². The van der Waals surface area contributed by atoms with Crippen molar-refractivity contribution >= 4 is 11.6 Å². The van der Waals surface area contributed by atoms with Gasteiger partial charge in [-0.1, -0.05) is 32.1 Å². The molecule has 112 valence electrons. The summed E-state index contributed by atoms with van der Waals surface area (Å²) in [5.74, 6) is 2.75. The zero-order valence-electron chi connectivity index (χ0n) is 13.0. The largest absolute Gasteiger partial charge is 0.299 e. The molecular weight excluding hydrogens is 260 g/mol. The van der Waals surface area contributed by atoms with Gasteiger partial charge in [0.2, 0.25) is 0 Å². The number of hydrogen-bond acceptors (Lipinski definition) is 2. The molecule has 4 rings (SSSR count). The molecule has 2 heteroatoms. The van der Waals surface area contributed by atoms with E-state index in [1.165, 1.54) is 0 Å². The van der Waals surface area contributed by atoms with Gasteiger partial charge in [0, 0.05) is 18.3 Å². The van der Waals surface area contributed by atoms with Gasteiger partial charge in [-0.25, -0.2) is 0 Å². The second-order valence-electron chi connectivity index (χ2n) is 8.07. The van der Waals surface area contributed by atoms with Crippen LogP contribution in [-0.2, 0) is 9.59 Å². The van der Waals surface area contributed by atoms with E-state index in [2.05, 4.69) is 32.1 Å². The summed E-state index contributed by atoms with van der Waals surface area (Å²) in [5, 5.41) is 0. The molecule has 0 aromatic carbocycles. The molecule has 6 atom stereocenters. The zero-order chi connectivity index (χ0) is 14.8. The molecule has 0 heterocycles. The molecule has 2 nitrogen and oxygen atoms in total. The Morgan fingerprint density at radius 3 is 2.71 bits per heavy atom. The first-order chi connectivity index (χ1) is 9.95. The van der Waals surface area contributed by atoms with Gasteiger partial charge in [-0.2, -0.15) is 0 Å². The number of ketones is 2. The highest BCUT2D eigenvalue weighted by molar-refractivity contribution is 5.91. The van der Waals surface area contributed by atoms with Crippen molar-refractivity contribution in [2.75, 3.05) is 0 Å². The standard InChI is InChI=1S/C19H24O2/c1-18-9-7-13(20)11-12(18)3-4-14-15-5-6-17(21)19(15,2)10-8-16(14)18/h3-4,7,9,12,14-16H,5-6,8,10-11H2,1-2H3/t12?,14-,15-,16-,18-,19-/m0/s1. The second-order valence-corrected chi connectivity index (χ2v) is 8.07. The number of rotatable bonds is 0. The van der Waals surface area contributed by atoms with Crippen molar-refractivity contribution in [3.63, 3.8) is 0 Å². The maximum Gasteiger partial charge on any atom is 0.156 e. The van der Waals surface area contributed by atoms with Gasteiger partial charge in [-0.3, -0.25) is 9.59 Å². The van der Waals surface area contributed by atoms with E-state index in [1.807, 2.05) is 0 Å². The minimum Gasteiger partial charge on any atom is -0.299 e. The monoisotopic (exact) mass is 284 g/mol. The molecule has 0 aromatic rings. The maximum atomic E-state index is 12.3. The lowest BCUT2D eigenvalue weighted by atomic mass is 9.48. The number of fused-ring (bicyclic) bond motifs is 5. The fourth-order valence-electron chi connectivity index (χ4n) is 5.80. The molecule has 0 N–H and O–H groups in total. The van der Waals surface area contributed by atoms with Crippen LogP contribution in [-0.4, -0.2) is 11.6 Å². The zero-order valence-corrected chi connectivity index (χ0v) is 13.0. The van der Waals surface area contributed by atoms with Crippen molar-refractivity contribution in [1.82, 2.24) is 0 Å². The third-order valence-corrected chi connectivity index (χ3v) is 7.25. The molecule has 2 fully saturated rings. The average molecular weight is 284 g/mol. The van der Waals surface area contributed by atoms with Crippen LogP contribution in [0.2, 0.25) is 0 Å². The molecule has 0 amide bonds. The van der Waals surface area contributed by atoms with Gasteiger partial charge in [0.05, 0.1) is 0 Å². The summed E-state index contributed by atoms with van der Waals surface area (Å²) in [4.78, 5) is 24.1. The maximum absolute atomic E-state index is 12.3. The summed E-state index contributed by atoms with van der Waals surface area (Å²) in [6.45, 7) is 4.53. The Bertz CT molecular complexity index is 572. The van der Waals surface area contributed by atoms with Crippen LogP contribution in [0.15, 0.2) is 24.3 Å². The Morgan fingerprint density at radius 1 is 1.10 bits per heavy atom. The topological polar surface area (TPSA) is 34.1 Å². The molecule has 0 saturated heterocycles. The molecule has 0 bridgehead atoms. The number of carbonyl (C=O) groups excluding carboxylic acids is 2. The van der Waals surface area contributed by atoms with Gasteiger partial charge in [0.15, 0.2) is 5.78 Å². The first-order valence-corrected chi connectivity index (χ1v) is 8.39. The molecule has 4 aliphatic carbocycles. The molecule has 21 heavy (non-hydrogen) atoms. The number of Topliss-reactive ketones (excluding diaryl/α,β-unsaturated/α-hetero) is 1. The lowest BCUT2D eigenvalue weighted by molar-refractivity contribution is -0.131. The summed E-state index contributed by atoms with van der Waals surface area (Å²) in [5.41, 5.74) is 0.0310. The number of carbonyl (C=O) groups is 2. The van der Waals surface area contributed by atoms with E-state index in [0.717, 1.165) is 25.7 Å². The van der Waals surface area contributed by atoms with E-state index in [-0.39, 0.29) is 16.6 Å². The second kappa shape index (κ2) is 4.18. The summed E-state index contributed by atoms with van der Waals surface area (Å²) in [6.07, 6.45) is 13.3. The third kappa shape index (κ3) is 1.65. The molecule has 2 saturated carbocycles. The predicted octanol–water partition coefficient (Wildman–Crippen LogP) is 3.72. The van der Waals surface area contributed by atoms with Crippen LogP contribution in [0, 0.1) is 34.5 Å².